The zero-order chi connectivity index (χ0) is 15.8. The summed E-state index contributed by atoms with van der Waals surface area (Å²) in [5.74, 6) is 0.190. The van der Waals surface area contributed by atoms with Crippen LogP contribution in [0.3, 0.4) is 0 Å². The van der Waals surface area contributed by atoms with Crippen molar-refractivity contribution in [2.75, 3.05) is 0 Å². The molecule has 2 heterocycles. The molecule has 0 saturated heterocycles. The van der Waals surface area contributed by atoms with Crippen LogP contribution in [0.15, 0.2) is 29.4 Å². The van der Waals surface area contributed by atoms with Crippen molar-refractivity contribution in [3.05, 3.63) is 51.7 Å². The molecule has 1 aliphatic rings. The lowest BCUT2D eigenvalue weighted by molar-refractivity contribution is 0.625. The Bertz CT molecular complexity index is 951. The number of rotatable bonds is 3. The molecule has 0 fully saturated rings. The van der Waals surface area contributed by atoms with Crippen LogP contribution >= 0.6 is 12.2 Å². The third kappa shape index (κ3) is 2.40. The van der Waals surface area contributed by atoms with Gasteiger partial charge in [0.15, 0.2) is 0 Å². The number of benzene rings is 1. The van der Waals surface area contributed by atoms with Crippen molar-refractivity contribution in [2.45, 2.75) is 19.3 Å². The van der Waals surface area contributed by atoms with Crippen molar-refractivity contribution in [3.63, 3.8) is 0 Å². The third-order valence-corrected chi connectivity index (χ3v) is 4.15. The maximum Gasteiger partial charge on any atom is 0.216 e. The van der Waals surface area contributed by atoms with Crippen molar-refractivity contribution in [1.82, 2.24) is 25.1 Å². The zero-order valence-electron chi connectivity index (χ0n) is 12.1. The van der Waals surface area contributed by atoms with Crippen LogP contribution in [0.4, 0.5) is 4.39 Å². The number of fused-ring (bicyclic) bond motifs is 1. The van der Waals surface area contributed by atoms with Crippen molar-refractivity contribution in [1.29, 1.82) is 0 Å². The summed E-state index contributed by atoms with van der Waals surface area (Å²) in [6, 6.07) is 6.42. The Balaban J connectivity index is 1.77. The standard InChI is InChI=1S/C15H13FN6S/c16-11-6-2-1-4-9(11)8-17-22-14(20-21-15(22)23)13-10-5-3-7-12(10)18-19-13/h1-2,4,6,8H,3,5,7H2,(H,18,19)(H,21,23). The summed E-state index contributed by atoms with van der Waals surface area (Å²) in [7, 11) is 0. The molecule has 6 nitrogen and oxygen atoms in total. The molecule has 0 radical (unpaired) electrons. The number of nitrogens with zero attached hydrogens (tertiary/aromatic N) is 4. The molecule has 0 spiro atoms. The van der Waals surface area contributed by atoms with E-state index in [-0.39, 0.29) is 5.82 Å². The highest BCUT2D eigenvalue weighted by molar-refractivity contribution is 7.71. The van der Waals surface area contributed by atoms with Crippen LogP contribution < -0.4 is 0 Å². The lowest BCUT2D eigenvalue weighted by Gasteiger charge is -2.00. The molecule has 8 heteroatoms. The first-order chi connectivity index (χ1) is 11.2. The van der Waals surface area contributed by atoms with Gasteiger partial charge in [0.05, 0.1) is 6.21 Å². The fourth-order valence-corrected chi connectivity index (χ4v) is 2.94. The highest BCUT2D eigenvalue weighted by Crippen LogP contribution is 2.29. The van der Waals surface area contributed by atoms with Gasteiger partial charge in [-0.1, -0.05) is 18.2 Å². The van der Waals surface area contributed by atoms with Gasteiger partial charge in [-0.25, -0.2) is 9.49 Å². The van der Waals surface area contributed by atoms with E-state index in [0.717, 1.165) is 36.2 Å². The fourth-order valence-electron chi connectivity index (χ4n) is 2.76. The highest BCUT2D eigenvalue weighted by Gasteiger charge is 2.23. The predicted octanol–water partition coefficient (Wildman–Crippen LogP) is 2.84. The van der Waals surface area contributed by atoms with Crippen LogP contribution in [0.5, 0.6) is 0 Å². The number of aromatic nitrogens is 5. The molecule has 23 heavy (non-hydrogen) atoms. The summed E-state index contributed by atoms with van der Waals surface area (Å²) in [5, 5.41) is 18.6. The average molecular weight is 328 g/mol. The van der Waals surface area contributed by atoms with Crippen molar-refractivity contribution < 1.29 is 4.39 Å². The molecule has 2 N–H and O–H groups in total. The minimum absolute atomic E-state index is 0.335. The van der Waals surface area contributed by atoms with E-state index < -0.39 is 0 Å². The second-order valence-corrected chi connectivity index (χ2v) is 5.70. The third-order valence-electron chi connectivity index (χ3n) is 3.89. The number of nitrogens with one attached hydrogen (secondary N) is 2. The van der Waals surface area contributed by atoms with Crippen LogP contribution in [0.25, 0.3) is 11.5 Å². The van der Waals surface area contributed by atoms with Crippen LogP contribution in [-0.4, -0.2) is 31.3 Å². The normalized spacial score (nSPS) is 13.8. The van der Waals surface area contributed by atoms with E-state index in [4.69, 9.17) is 12.2 Å². The first-order valence-electron chi connectivity index (χ1n) is 7.27. The molecular weight excluding hydrogens is 315 g/mol. The van der Waals surface area contributed by atoms with Crippen LogP contribution in [0.2, 0.25) is 0 Å². The first kappa shape index (κ1) is 14.0. The molecule has 0 saturated carbocycles. The van der Waals surface area contributed by atoms with E-state index in [9.17, 15) is 4.39 Å². The van der Waals surface area contributed by atoms with Gasteiger partial charge in [-0.15, -0.1) is 0 Å². The number of aryl methyl sites for hydroxylation is 1. The molecule has 0 unspecified atom stereocenters. The number of H-pyrrole nitrogens is 2. The van der Waals surface area contributed by atoms with E-state index in [1.54, 1.807) is 18.2 Å². The van der Waals surface area contributed by atoms with Gasteiger partial charge in [0, 0.05) is 16.8 Å². The van der Waals surface area contributed by atoms with Gasteiger partial charge in [-0.3, -0.25) is 5.10 Å². The summed E-state index contributed by atoms with van der Waals surface area (Å²) in [6.45, 7) is 0. The van der Waals surface area contributed by atoms with Crippen molar-refractivity contribution >= 4 is 18.4 Å². The number of hydrogen-bond donors (Lipinski definition) is 2. The Morgan fingerprint density at radius 3 is 2.96 bits per heavy atom. The highest BCUT2D eigenvalue weighted by atomic mass is 32.1. The van der Waals surface area contributed by atoms with Crippen LogP contribution in [-0.2, 0) is 12.8 Å². The SMILES string of the molecule is Fc1ccccc1C=Nn1c(-c2n[nH]c3c2CCC3)n[nH]c1=S. The monoisotopic (exact) mass is 328 g/mol. The van der Waals surface area contributed by atoms with E-state index in [0.29, 0.717) is 16.2 Å². The van der Waals surface area contributed by atoms with Crippen LogP contribution in [0.1, 0.15) is 23.2 Å². The Labute approximate surface area is 136 Å². The molecule has 2 aromatic heterocycles. The Morgan fingerprint density at radius 2 is 2.09 bits per heavy atom. The lowest BCUT2D eigenvalue weighted by atomic mass is 10.2. The van der Waals surface area contributed by atoms with E-state index >= 15 is 0 Å². The molecule has 1 aromatic carbocycles. The maximum atomic E-state index is 13.7. The molecule has 0 amide bonds. The fraction of sp³-hybridized carbons (Fsp3) is 0.200. The number of hydrogen-bond acceptors (Lipinski definition) is 4. The van der Waals surface area contributed by atoms with Gasteiger partial charge in [0.25, 0.3) is 0 Å². The second-order valence-electron chi connectivity index (χ2n) is 5.31. The molecule has 116 valence electrons. The quantitative estimate of drug-likeness (QED) is 0.573. The lowest BCUT2D eigenvalue weighted by Crippen LogP contribution is -1.98. The summed E-state index contributed by atoms with van der Waals surface area (Å²) in [6.07, 6.45) is 4.47. The topological polar surface area (TPSA) is 74.7 Å². The molecule has 4 rings (SSSR count). The summed E-state index contributed by atoms with van der Waals surface area (Å²) in [4.78, 5) is 0. The van der Waals surface area contributed by atoms with Gasteiger partial charge < -0.3 is 0 Å². The van der Waals surface area contributed by atoms with Gasteiger partial charge >= 0.3 is 0 Å². The minimum Gasteiger partial charge on any atom is -0.282 e. The molecule has 0 aliphatic heterocycles. The first-order valence-corrected chi connectivity index (χ1v) is 7.67. The minimum atomic E-state index is -0.339. The average Bonchev–Trinajstić information content (AvgIpc) is 3.23. The second kappa shape index (κ2) is 5.54. The van der Waals surface area contributed by atoms with E-state index in [1.807, 2.05) is 0 Å². The van der Waals surface area contributed by atoms with Gasteiger partial charge in [0.2, 0.25) is 10.6 Å². The largest absolute Gasteiger partial charge is 0.282 e. The van der Waals surface area contributed by atoms with Gasteiger partial charge in [-0.2, -0.15) is 20.0 Å². The van der Waals surface area contributed by atoms with Crippen LogP contribution in [0, 0.1) is 10.6 Å². The summed E-state index contributed by atoms with van der Waals surface area (Å²) in [5.41, 5.74) is 3.42. The van der Waals surface area contributed by atoms with E-state index in [2.05, 4.69) is 25.5 Å². The Morgan fingerprint density at radius 1 is 1.22 bits per heavy atom. The molecule has 3 aromatic rings. The molecule has 1 aliphatic carbocycles. The van der Waals surface area contributed by atoms with Crippen molar-refractivity contribution in [3.8, 4) is 11.5 Å². The molecule has 0 bridgehead atoms. The Kier molecular flexibility index (Phi) is 3.38. The van der Waals surface area contributed by atoms with Gasteiger partial charge in [0.1, 0.15) is 11.5 Å². The molecule has 0 atom stereocenters. The maximum absolute atomic E-state index is 13.7. The Hall–Kier alpha value is -2.61. The summed E-state index contributed by atoms with van der Waals surface area (Å²) < 4.78 is 15.5. The van der Waals surface area contributed by atoms with Gasteiger partial charge in [-0.05, 0) is 37.5 Å². The summed E-state index contributed by atoms with van der Waals surface area (Å²) >= 11 is 5.22. The smallest absolute Gasteiger partial charge is 0.216 e. The van der Waals surface area contributed by atoms with E-state index in [1.165, 1.54) is 17.0 Å². The number of halogens is 1. The molecular formula is C15H13FN6S. The predicted molar refractivity (Wildman–Crippen MR) is 86.4 cm³/mol. The van der Waals surface area contributed by atoms with Crippen molar-refractivity contribution in [2.24, 2.45) is 5.10 Å². The zero-order valence-corrected chi connectivity index (χ0v) is 12.9. The number of aromatic amines is 2.